The first-order valence-corrected chi connectivity index (χ1v) is 7.66. The van der Waals surface area contributed by atoms with E-state index in [4.69, 9.17) is 4.74 Å². The third-order valence-electron chi connectivity index (χ3n) is 4.30. The Labute approximate surface area is 131 Å². The molecule has 0 aliphatic heterocycles. The number of rotatable bonds is 4. The first kappa shape index (κ1) is 14.6. The topological polar surface area (TPSA) is 26.3 Å². The van der Waals surface area contributed by atoms with Gasteiger partial charge in [-0.15, -0.1) is 0 Å². The Bertz CT molecular complexity index is 671. The van der Waals surface area contributed by atoms with E-state index in [2.05, 4.69) is 18.7 Å². The first-order chi connectivity index (χ1) is 10.6. The number of hydrogen-bond donors (Lipinski definition) is 0. The summed E-state index contributed by atoms with van der Waals surface area (Å²) in [4.78, 5) is 12.3. The molecule has 2 aromatic carbocycles. The Morgan fingerprint density at radius 1 is 1.09 bits per heavy atom. The van der Waals surface area contributed by atoms with Crippen LogP contribution in [-0.4, -0.2) is 5.78 Å². The number of hydrogen-bond acceptors (Lipinski definition) is 2. The third kappa shape index (κ3) is 2.96. The lowest BCUT2D eigenvalue weighted by atomic mass is 9.87. The minimum Gasteiger partial charge on any atom is -0.462 e. The first-order valence-electron chi connectivity index (χ1n) is 7.66. The maximum Gasteiger partial charge on any atom is 0.144 e. The summed E-state index contributed by atoms with van der Waals surface area (Å²) >= 11 is 0. The molecular formula is C20H20O2. The number of benzene rings is 2. The van der Waals surface area contributed by atoms with E-state index < -0.39 is 0 Å². The normalized spacial score (nSPS) is 20.9. The molecule has 0 spiro atoms. The highest BCUT2D eigenvalue weighted by molar-refractivity contribution is 5.86. The molecule has 0 aromatic heterocycles. The van der Waals surface area contributed by atoms with Gasteiger partial charge in [0.1, 0.15) is 17.3 Å². The molecule has 0 heterocycles. The highest BCUT2D eigenvalue weighted by atomic mass is 16.5. The van der Waals surface area contributed by atoms with E-state index >= 15 is 0 Å². The van der Waals surface area contributed by atoms with Crippen LogP contribution in [0, 0.1) is 12.8 Å². The molecule has 2 nitrogen and oxygen atoms in total. The molecule has 3 rings (SSSR count). The molecule has 0 saturated heterocycles. The maximum absolute atomic E-state index is 12.3. The summed E-state index contributed by atoms with van der Waals surface area (Å²) < 4.78 is 5.86. The van der Waals surface area contributed by atoms with Crippen molar-refractivity contribution in [2.24, 2.45) is 5.92 Å². The van der Waals surface area contributed by atoms with Crippen LogP contribution in [0.4, 0.5) is 0 Å². The number of aryl methyl sites for hydroxylation is 1. The van der Waals surface area contributed by atoms with Gasteiger partial charge in [-0.1, -0.05) is 54.6 Å². The molecule has 0 amide bonds. The fourth-order valence-electron chi connectivity index (χ4n) is 3.13. The van der Waals surface area contributed by atoms with Gasteiger partial charge in [0.2, 0.25) is 0 Å². The summed E-state index contributed by atoms with van der Waals surface area (Å²) in [6, 6.07) is 18.0. The van der Waals surface area contributed by atoms with Gasteiger partial charge in [0.15, 0.2) is 0 Å². The van der Waals surface area contributed by atoms with Crippen molar-refractivity contribution in [1.29, 1.82) is 0 Å². The van der Waals surface area contributed by atoms with Crippen LogP contribution in [0.1, 0.15) is 29.9 Å². The molecule has 0 N–H and O–H groups in total. The highest BCUT2D eigenvalue weighted by Crippen LogP contribution is 2.41. The molecular weight excluding hydrogens is 272 g/mol. The molecule has 1 fully saturated rings. The zero-order valence-electron chi connectivity index (χ0n) is 12.8. The molecule has 0 unspecified atom stereocenters. The minimum absolute atomic E-state index is 0.173. The Kier molecular flexibility index (Phi) is 4.10. The van der Waals surface area contributed by atoms with Gasteiger partial charge in [0.05, 0.1) is 5.92 Å². The summed E-state index contributed by atoms with van der Waals surface area (Å²) in [6.07, 6.45) is 1.46. The van der Waals surface area contributed by atoms with E-state index in [0.29, 0.717) is 12.2 Å². The zero-order valence-corrected chi connectivity index (χ0v) is 12.8. The van der Waals surface area contributed by atoms with Crippen molar-refractivity contribution in [3.05, 3.63) is 78.1 Å². The molecule has 0 radical (unpaired) electrons. The summed E-state index contributed by atoms with van der Waals surface area (Å²) in [6.45, 7) is 6.07. The van der Waals surface area contributed by atoms with Crippen molar-refractivity contribution in [3.8, 4) is 5.75 Å². The second-order valence-electron chi connectivity index (χ2n) is 5.88. The minimum atomic E-state index is -0.247. The number of ketones is 1. The second kappa shape index (κ2) is 6.18. The van der Waals surface area contributed by atoms with E-state index in [1.54, 1.807) is 0 Å². The van der Waals surface area contributed by atoms with Gasteiger partial charge in [-0.3, -0.25) is 4.79 Å². The molecule has 1 saturated carbocycles. The monoisotopic (exact) mass is 292 g/mol. The number of carbonyl (C=O) groups is 1. The molecule has 112 valence electrons. The van der Waals surface area contributed by atoms with E-state index in [1.165, 1.54) is 11.1 Å². The predicted octanol–water partition coefficient (Wildman–Crippen LogP) is 4.65. The standard InChI is InChI=1S/C20H20O2/c1-14-8-10-17(11-9-14)22-15(2)20-18(12-13-19(20)21)16-6-4-3-5-7-16/h3-11,18,20H,2,12-13H2,1H3/t18-,20-/m1/s1. The Balaban J connectivity index is 1.80. The summed E-state index contributed by atoms with van der Waals surface area (Å²) in [5.41, 5.74) is 2.36. The molecule has 2 heteroatoms. The quantitative estimate of drug-likeness (QED) is 0.767. The fraction of sp³-hybridized carbons (Fsp3) is 0.250. The molecule has 1 aliphatic carbocycles. The largest absolute Gasteiger partial charge is 0.462 e. The van der Waals surface area contributed by atoms with Gasteiger partial charge in [-0.2, -0.15) is 0 Å². The van der Waals surface area contributed by atoms with Crippen LogP contribution in [-0.2, 0) is 4.79 Å². The summed E-state index contributed by atoms with van der Waals surface area (Å²) in [7, 11) is 0. The maximum atomic E-state index is 12.3. The third-order valence-corrected chi connectivity index (χ3v) is 4.30. The van der Waals surface area contributed by atoms with Crippen LogP contribution < -0.4 is 4.74 Å². The Morgan fingerprint density at radius 3 is 2.45 bits per heavy atom. The molecule has 2 atom stereocenters. The highest BCUT2D eigenvalue weighted by Gasteiger charge is 2.38. The number of allylic oxidation sites excluding steroid dienone is 1. The van der Waals surface area contributed by atoms with E-state index in [9.17, 15) is 4.79 Å². The lowest BCUT2D eigenvalue weighted by Gasteiger charge is -2.21. The second-order valence-corrected chi connectivity index (χ2v) is 5.88. The van der Waals surface area contributed by atoms with Crippen LogP contribution in [0.15, 0.2) is 66.9 Å². The van der Waals surface area contributed by atoms with E-state index in [-0.39, 0.29) is 17.6 Å². The van der Waals surface area contributed by atoms with Gasteiger partial charge < -0.3 is 4.74 Å². The van der Waals surface area contributed by atoms with Crippen LogP contribution in [0.3, 0.4) is 0 Å². The summed E-state index contributed by atoms with van der Waals surface area (Å²) in [5, 5.41) is 0. The lowest BCUT2D eigenvalue weighted by Crippen LogP contribution is -2.19. The SMILES string of the molecule is C=C(Oc1ccc(C)cc1)[C@H]1C(=O)CC[C@@H]1c1ccccc1. The van der Waals surface area contributed by atoms with Gasteiger partial charge in [-0.25, -0.2) is 0 Å². The summed E-state index contributed by atoms with van der Waals surface area (Å²) in [5.74, 6) is 1.45. The van der Waals surface area contributed by atoms with Crippen molar-refractivity contribution in [3.63, 3.8) is 0 Å². The van der Waals surface area contributed by atoms with Crippen molar-refractivity contribution in [1.82, 2.24) is 0 Å². The van der Waals surface area contributed by atoms with E-state index in [0.717, 1.165) is 12.2 Å². The molecule has 22 heavy (non-hydrogen) atoms. The molecule has 0 bridgehead atoms. The lowest BCUT2D eigenvalue weighted by molar-refractivity contribution is -0.120. The van der Waals surface area contributed by atoms with Crippen molar-refractivity contribution in [2.75, 3.05) is 0 Å². The van der Waals surface area contributed by atoms with Gasteiger partial charge >= 0.3 is 0 Å². The smallest absolute Gasteiger partial charge is 0.144 e. The molecule has 2 aromatic rings. The van der Waals surface area contributed by atoms with E-state index in [1.807, 2.05) is 49.4 Å². The van der Waals surface area contributed by atoms with Gasteiger partial charge in [0.25, 0.3) is 0 Å². The van der Waals surface area contributed by atoms with Crippen LogP contribution >= 0.6 is 0 Å². The average molecular weight is 292 g/mol. The van der Waals surface area contributed by atoms with Crippen LogP contribution in [0.5, 0.6) is 5.75 Å². The van der Waals surface area contributed by atoms with Crippen LogP contribution in [0.25, 0.3) is 0 Å². The Morgan fingerprint density at radius 2 is 1.77 bits per heavy atom. The number of Topliss-reactive ketones (excluding diaryl/α,β-unsaturated/α-hetero) is 1. The van der Waals surface area contributed by atoms with Gasteiger partial charge in [-0.05, 0) is 31.0 Å². The number of ether oxygens (including phenoxy) is 1. The fourth-order valence-corrected chi connectivity index (χ4v) is 3.13. The van der Waals surface area contributed by atoms with Crippen molar-refractivity contribution >= 4 is 5.78 Å². The molecule has 1 aliphatic rings. The van der Waals surface area contributed by atoms with Crippen molar-refractivity contribution < 1.29 is 9.53 Å². The average Bonchev–Trinajstić information content (AvgIpc) is 2.92. The predicted molar refractivity (Wildman–Crippen MR) is 87.9 cm³/mol. The van der Waals surface area contributed by atoms with Crippen molar-refractivity contribution in [2.45, 2.75) is 25.7 Å². The number of carbonyl (C=O) groups excluding carboxylic acids is 1. The zero-order chi connectivity index (χ0) is 15.5. The van der Waals surface area contributed by atoms with Gasteiger partial charge in [0, 0.05) is 12.3 Å². The Hall–Kier alpha value is -2.35. The van der Waals surface area contributed by atoms with Crippen LogP contribution in [0.2, 0.25) is 0 Å².